The predicted molar refractivity (Wildman–Crippen MR) is 119 cm³/mol. The highest BCUT2D eigenvalue weighted by molar-refractivity contribution is 5.80. The summed E-state index contributed by atoms with van der Waals surface area (Å²) in [5.74, 6) is 2.58. The molecule has 0 spiro atoms. The van der Waals surface area contributed by atoms with Crippen LogP contribution in [0, 0.1) is 5.92 Å². The lowest BCUT2D eigenvalue weighted by Crippen LogP contribution is -2.52. The Hall–Kier alpha value is -2.51. The van der Waals surface area contributed by atoms with E-state index in [1.54, 1.807) is 13.4 Å². The fourth-order valence-electron chi connectivity index (χ4n) is 4.28. The topological polar surface area (TPSA) is 68.5 Å². The van der Waals surface area contributed by atoms with Crippen molar-refractivity contribution in [2.75, 3.05) is 40.0 Å². The lowest BCUT2D eigenvalue weighted by Gasteiger charge is -2.41. The smallest absolute Gasteiger partial charge is 0.194 e. The number of furan rings is 1. The molecule has 1 aromatic carbocycles. The second-order valence-electron chi connectivity index (χ2n) is 8.24. The second-order valence-corrected chi connectivity index (χ2v) is 8.24. The van der Waals surface area contributed by atoms with Gasteiger partial charge in [0.2, 0.25) is 0 Å². The number of benzene rings is 1. The number of rotatable bonds is 7. The summed E-state index contributed by atoms with van der Waals surface area (Å²) in [6.07, 6.45) is 4.72. The summed E-state index contributed by atoms with van der Waals surface area (Å²) in [5, 5.41) is 3.55. The monoisotopic (exact) mass is 427 g/mol. The highest BCUT2D eigenvalue weighted by atomic mass is 16.7. The average Bonchev–Trinajstić information content (AvgIpc) is 3.49. The van der Waals surface area contributed by atoms with Crippen molar-refractivity contribution in [2.24, 2.45) is 10.9 Å². The van der Waals surface area contributed by atoms with Gasteiger partial charge in [-0.05, 0) is 49.6 Å². The molecule has 0 radical (unpaired) electrons. The molecule has 4 rings (SSSR count). The van der Waals surface area contributed by atoms with Gasteiger partial charge in [-0.25, -0.2) is 4.99 Å². The van der Waals surface area contributed by atoms with E-state index in [2.05, 4.69) is 29.3 Å². The molecular formula is C24H33N3O4. The number of hydrogen-bond acceptors (Lipinski definition) is 5. The number of piperidine rings is 1. The summed E-state index contributed by atoms with van der Waals surface area (Å²) in [7, 11) is 1.68. The summed E-state index contributed by atoms with van der Waals surface area (Å²) in [6.45, 7) is 6.64. The van der Waals surface area contributed by atoms with Crippen LogP contribution in [0.15, 0.2) is 52.1 Å². The van der Waals surface area contributed by atoms with Crippen molar-refractivity contribution in [2.45, 2.75) is 38.5 Å². The van der Waals surface area contributed by atoms with E-state index in [4.69, 9.17) is 23.6 Å². The third kappa shape index (κ3) is 5.60. The maximum absolute atomic E-state index is 5.96. The first-order chi connectivity index (χ1) is 15.2. The van der Waals surface area contributed by atoms with E-state index in [1.165, 1.54) is 0 Å². The van der Waals surface area contributed by atoms with Crippen LogP contribution in [0.5, 0.6) is 5.75 Å². The number of ether oxygens (including phenoxy) is 3. The highest BCUT2D eigenvalue weighted by Gasteiger charge is 2.42. The summed E-state index contributed by atoms with van der Waals surface area (Å²) in [6, 6.07) is 12.0. The van der Waals surface area contributed by atoms with Gasteiger partial charge in [-0.3, -0.25) is 0 Å². The van der Waals surface area contributed by atoms with Crippen molar-refractivity contribution in [1.82, 2.24) is 10.2 Å². The van der Waals surface area contributed by atoms with Crippen LogP contribution in [0.3, 0.4) is 0 Å². The molecule has 1 unspecified atom stereocenters. The molecule has 2 aliphatic rings. The van der Waals surface area contributed by atoms with Gasteiger partial charge in [-0.15, -0.1) is 0 Å². The van der Waals surface area contributed by atoms with E-state index in [1.807, 2.05) is 24.3 Å². The fourth-order valence-corrected chi connectivity index (χ4v) is 4.28. The first-order valence-corrected chi connectivity index (χ1v) is 11.1. The number of methoxy groups -OCH3 is 1. The van der Waals surface area contributed by atoms with Crippen LogP contribution in [0.25, 0.3) is 0 Å². The van der Waals surface area contributed by atoms with E-state index >= 15 is 0 Å². The van der Waals surface area contributed by atoms with Gasteiger partial charge in [0.1, 0.15) is 11.5 Å². The first-order valence-electron chi connectivity index (χ1n) is 11.1. The molecule has 31 heavy (non-hydrogen) atoms. The van der Waals surface area contributed by atoms with Gasteiger partial charge in [0.25, 0.3) is 0 Å². The predicted octanol–water partition coefficient (Wildman–Crippen LogP) is 3.45. The minimum atomic E-state index is -0.492. The summed E-state index contributed by atoms with van der Waals surface area (Å²) >= 11 is 0. The Labute approximate surface area is 184 Å². The van der Waals surface area contributed by atoms with Crippen LogP contribution in [0.2, 0.25) is 0 Å². The van der Waals surface area contributed by atoms with Crippen molar-refractivity contribution in [3.8, 4) is 5.75 Å². The standard InChI is InChI=1S/C24H33N3O4/c1-24(30-15-16-31-24)20-5-3-13-27(18-20)23(25-12-11-22-6-4-14-29-22)26-17-19-7-9-21(28-2)10-8-19/h4,6-10,14,20H,3,5,11-13,15-18H2,1-2H3,(H,25,26). The zero-order chi connectivity index (χ0) is 21.5. The molecule has 2 saturated heterocycles. The molecular weight excluding hydrogens is 394 g/mol. The van der Waals surface area contributed by atoms with Crippen LogP contribution in [0.1, 0.15) is 31.1 Å². The second kappa shape index (κ2) is 10.2. The van der Waals surface area contributed by atoms with Crippen LogP contribution in [0.4, 0.5) is 0 Å². The van der Waals surface area contributed by atoms with Crippen LogP contribution >= 0.6 is 0 Å². The lowest BCUT2D eigenvalue weighted by molar-refractivity contribution is -0.189. The minimum absolute atomic E-state index is 0.321. The molecule has 2 aliphatic heterocycles. The minimum Gasteiger partial charge on any atom is -0.497 e. The number of aliphatic imine (C=N–C) groups is 1. The summed E-state index contributed by atoms with van der Waals surface area (Å²) in [4.78, 5) is 7.30. The zero-order valence-electron chi connectivity index (χ0n) is 18.5. The van der Waals surface area contributed by atoms with E-state index in [9.17, 15) is 0 Å². The third-order valence-corrected chi connectivity index (χ3v) is 6.13. The molecule has 0 bridgehead atoms. The van der Waals surface area contributed by atoms with E-state index in [0.29, 0.717) is 25.7 Å². The molecule has 1 N–H and O–H groups in total. The fraction of sp³-hybridized carbons (Fsp3) is 0.542. The molecule has 3 heterocycles. The molecule has 0 amide bonds. The van der Waals surface area contributed by atoms with Crippen LogP contribution in [-0.4, -0.2) is 56.6 Å². The Morgan fingerprint density at radius 1 is 1.23 bits per heavy atom. The van der Waals surface area contributed by atoms with Gasteiger partial charge in [0.15, 0.2) is 11.7 Å². The maximum atomic E-state index is 5.96. The first kappa shape index (κ1) is 21.7. The third-order valence-electron chi connectivity index (χ3n) is 6.13. The molecule has 7 nitrogen and oxygen atoms in total. The number of nitrogens with one attached hydrogen (secondary N) is 1. The van der Waals surface area contributed by atoms with Gasteiger partial charge >= 0.3 is 0 Å². The molecule has 2 fully saturated rings. The Morgan fingerprint density at radius 3 is 2.74 bits per heavy atom. The van der Waals surface area contributed by atoms with Gasteiger partial charge in [-0.1, -0.05) is 12.1 Å². The van der Waals surface area contributed by atoms with Crippen LogP contribution < -0.4 is 10.1 Å². The van der Waals surface area contributed by atoms with E-state index in [-0.39, 0.29) is 0 Å². The molecule has 2 aromatic rings. The number of nitrogens with zero attached hydrogens (tertiary/aromatic N) is 2. The quantitative estimate of drug-likeness (QED) is 0.539. The largest absolute Gasteiger partial charge is 0.497 e. The Bertz CT molecular complexity index is 829. The summed E-state index contributed by atoms with van der Waals surface area (Å²) < 4.78 is 22.6. The highest BCUT2D eigenvalue weighted by Crippen LogP contribution is 2.34. The summed E-state index contributed by atoms with van der Waals surface area (Å²) in [5.41, 5.74) is 1.15. The zero-order valence-corrected chi connectivity index (χ0v) is 18.5. The van der Waals surface area contributed by atoms with Crippen molar-refractivity contribution < 1.29 is 18.6 Å². The van der Waals surface area contributed by atoms with Crippen molar-refractivity contribution in [3.63, 3.8) is 0 Å². The van der Waals surface area contributed by atoms with Crippen molar-refractivity contribution >= 4 is 5.96 Å². The van der Waals surface area contributed by atoms with E-state index in [0.717, 1.165) is 61.9 Å². The van der Waals surface area contributed by atoms with Gasteiger partial charge < -0.3 is 28.8 Å². The Kier molecular flexibility index (Phi) is 7.14. The molecule has 0 saturated carbocycles. The van der Waals surface area contributed by atoms with Gasteiger partial charge in [0, 0.05) is 32.0 Å². The van der Waals surface area contributed by atoms with Crippen LogP contribution in [-0.2, 0) is 22.4 Å². The molecule has 0 aliphatic carbocycles. The van der Waals surface area contributed by atoms with Gasteiger partial charge in [0.05, 0.1) is 33.1 Å². The number of hydrogen-bond donors (Lipinski definition) is 1. The van der Waals surface area contributed by atoms with E-state index < -0.39 is 5.79 Å². The average molecular weight is 428 g/mol. The SMILES string of the molecule is COc1ccc(CN=C(NCCc2ccco2)N2CCCC(C3(C)OCCO3)C2)cc1. The van der Waals surface area contributed by atoms with Crippen molar-refractivity contribution in [3.05, 3.63) is 54.0 Å². The molecule has 1 aromatic heterocycles. The molecule has 168 valence electrons. The Morgan fingerprint density at radius 2 is 2.03 bits per heavy atom. The van der Waals surface area contributed by atoms with Crippen molar-refractivity contribution in [1.29, 1.82) is 0 Å². The number of likely N-dealkylation sites (tertiary alicyclic amines) is 1. The molecule has 7 heteroatoms. The Balaban J connectivity index is 1.44. The normalized spacial score (nSPS) is 21.3. The molecule has 1 atom stereocenters. The lowest BCUT2D eigenvalue weighted by atomic mass is 9.90. The maximum Gasteiger partial charge on any atom is 0.194 e. The number of guanidine groups is 1. The van der Waals surface area contributed by atoms with Gasteiger partial charge in [-0.2, -0.15) is 0 Å².